The number of aryl methyl sites for hydroxylation is 1. The second-order valence-electron chi connectivity index (χ2n) is 8.29. The molecule has 5 nitrogen and oxygen atoms in total. The van der Waals surface area contributed by atoms with Crippen molar-refractivity contribution in [1.82, 2.24) is 10.2 Å². The summed E-state index contributed by atoms with van der Waals surface area (Å²) in [7, 11) is 0. The lowest BCUT2D eigenvalue weighted by molar-refractivity contribution is -0.133. The molecule has 4 rings (SSSR count). The zero-order chi connectivity index (χ0) is 18.1. The quantitative estimate of drug-likeness (QED) is 0.905. The van der Waals surface area contributed by atoms with Crippen LogP contribution >= 0.6 is 0 Å². The summed E-state index contributed by atoms with van der Waals surface area (Å²) in [5.41, 5.74) is 2.80. The number of carbonyl (C=O) groups excluding carboxylic acids is 2. The number of para-hydroxylation sites is 1. The van der Waals surface area contributed by atoms with Crippen molar-refractivity contribution in [1.29, 1.82) is 0 Å². The Bertz CT molecular complexity index is 694. The maximum absolute atomic E-state index is 12.7. The average Bonchev–Trinajstić information content (AvgIpc) is 3.01. The molecule has 0 bridgehead atoms. The predicted octanol–water partition coefficient (Wildman–Crippen LogP) is 2.35. The van der Waals surface area contributed by atoms with E-state index in [2.05, 4.69) is 41.4 Å². The van der Waals surface area contributed by atoms with Gasteiger partial charge in [0.2, 0.25) is 11.8 Å². The smallest absolute Gasteiger partial charge is 0.224 e. The molecule has 2 fully saturated rings. The molecular weight excluding hydrogens is 326 g/mol. The topological polar surface area (TPSA) is 52.7 Å². The van der Waals surface area contributed by atoms with E-state index in [-0.39, 0.29) is 17.2 Å². The van der Waals surface area contributed by atoms with Gasteiger partial charge in [0, 0.05) is 50.7 Å². The minimum atomic E-state index is 0.105. The van der Waals surface area contributed by atoms with E-state index in [9.17, 15) is 9.59 Å². The summed E-state index contributed by atoms with van der Waals surface area (Å²) in [6.07, 6.45) is 5.38. The molecule has 3 aliphatic rings. The maximum Gasteiger partial charge on any atom is 0.224 e. The summed E-state index contributed by atoms with van der Waals surface area (Å²) in [5, 5.41) is 2.96. The van der Waals surface area contributed by atoms with Crippen LogP contribution in [0, 0.1) is 5.41 Å². The van der Waals surface area contributed by atoms with Crippen molar-refractivity contribution >= 4 is 17.5 Å². The number of fused-ring (bicyclic) bond motifs is 1. The molecule has 0 saturated carbocycles. The zero-order valence-electron chi connectivity index (χ0n) is 15.7. The highest BCUT2D eigenvalue weighted by molar-refractivity contribution is 5.80. The Morgan fingerprint density at radius 3 is 2.77 bits per heavy atom. The van der Waals surface area contributed by atoms with Crippen molar-refractivity contribution < 1.29 is 9.59 Å². The van der Waals surface area contributed by atoms with Crippen LogP contribution in [0.15, 0.2) is 24.3 Å². The van der Waals surface area contributed by atoms with Crippen LogP contribution in [0.2, 0.25) is 0 Å². The van der Waals surface area contributed by atoms with Crippen LogP contribution in [0.5, 0.6) is 0 Å². The standard InChI is InChI=1S/C21H29N3O2/c1-16-6-7-17-4-2-3-5-18(17)24(16)11-8-20(26)23-12-9-21(10-13-23)14-19(25)22-15-21/h2-5,16H,6-15H2,1H3,(H,22,25). The highest BCUT2D eigenvalue weighted by Gasteiger charge is 2.41. The molecule has 0 aliphatic carbocycles. The molecule has 0 aromatic heterocycles. The molecule has 1 aromatic rings. The van der Waals surface area contributed by atoms with Gasteiger partial charge in [0.25, 0.3) is 0 Å². The van der Waals surface area contributed by atoms with Gasteiger partial charge in [-0.2, -0.15) is 0 Å². The van der Waals surface area contributed by atoms with Gasteiger partial charge in [0.15, 0.2) is 0 Å². The van der Waals surface area contributed by atoms with Crippen molar-refractivity contribution in [3.63, 3.8) is 0 Å². The molecule has 26 heavy (non-hydrogen) atoms. The summed E-state index contributed by atoms with van der Waals surface area (Å²) in [6.45, 7) is 5.42. The van der Waals surface area contributed by atoms with Gasteiger partial charge in [-0.1, -0.05) is 18.2 Å². The first-order valence-corrected chi connectivity index (χ1v) is 9.95. The second kappa shape index (κ2) is 6.93. The fraction of sp³-hybridized carbons (Fsp3) is 0.619. The minimum Gasteiger partial charge on any atom is -0.368 e. The Kier molecular flexibility index (Phi) is 4.63. The van der Waals surface area contributed by atoms with E-state index in [1.807, 2.05) is 4.90 Å². The van der Waals surface area contributed by atoms with Crippen LogP contribution in [0.3, 0.4) is 0 Å². The molecule has 1 atom stereocenters. The lowest BCUT2D eigenvalue weighted by atomic mass is 9.77. The van der Waals surface area contributed by atoms with E-state index in [0.29, 0.717) is 18.9 Å². The number of hydrogen-bond donors (Lipinski definition) is 1. The SMILES string of the molecule is CC1CCc2ccccc2N1CCC(=O)N1CCC2(CC1)CNC(=O)C2. The minimum absolute atomic E-state index is 0.105. The van der Waals surface area contributed by atoms with Gasteiger partial charge >= 0.3 is 0 Å². The Balaban J connectivity index is 1.33. The monoisotopic (exact) mass is 355 g/mol. The third-order valence-corrected chi connectivity index (χ3v) is 6.60. The summed E-state index contributed by atoms with van der Waals surface area (Å²) < 4.78 is 0. The lowest BCUT2D eigenvalue weighted by Gasteiger charge is -2.40. The van der Waals surface area contributed by atoms with E-state index in [0.717, 1.165) is 51.9 Å². The van der Waals surface area contributed by atoms with Crippen molar-refractivity contribution in [2.75, 3.05) is 31.1 Å². The third kappa shape index (κ3) is 3.31. The first-order chi connectivity index (χ1) is 12.6. The number of anilines is 1. The molecule has 2 saturated heterocycles. The van der Waals surface area contributed by atoms with Crippen molar-refractivity contribution in [2.45, 2.75) is 51.5 Å². The molecule has 1 N–H and O–H groups in total. The van der Waals surface area contributed by atoms with Crippen molar-refractivity contribution in [2.24, 2.45) is 5.41 Å². The van der Waals surface area contributed by atoms with Gasteiger partial charge in [-0.05, 0) is 49.7 Å². The zero-order valence-corrected chi connectivity index (χ0v) is 15.7. The van der Waals surface area contributed by atoms with Gasteiger partial charge in [0.05, 0.1) is 0 Å². The Morgan fingerprint density at radius 1 is 1.27 bits per heavy atom. The van der Waals surface area contributed by atoms with E-state index < -0.39 is 0 Å². The molecular formula is C21H29N3O2. The fourth-order valence-electron chi connectivity index (χ4n) is 4.81. The summed E-state index contributed by atoms with van der Waals surface area (Å²) in [4.78, 5) is 28.7. The van der Waals surface area contributed by atoms with Gasteiger partial charge in [0.1, 0.15) is 0 Å². The molecule has 0 radical (unpaired) electrons. The molecule has 2 amide bonds. The normalized spacial score (nSPS) is 24.5. The van der Waals surface area contributed by atoms with Crippen LogP contribution in [0.4, 0.5) is 5.69 Å². The molecule has 1 aromatic carbocycles. The number of carbonyl (C=O) groups is 2. The average molecular weight is 355 g/mol. The Hall–Kier alpha value is -2.04. The Morgan fingerprint density at radius 2 is 2.04 bits per heavy atom. The highest BCUT2D eigenvalue weighted by Crippen LogP contribution is 2.37. The molecule has 140 valence electrons. The summed E-state index contributed by atoms with van der Waals surface area (Å²) in [6, 6.07) is 9.07. The number of amides is 2. The predicted molar refractivity (Wildman–Crippen MR) is 102 cm³/mol. The van der Waals surface area contributed by atoms with Crippen LogP contribution < -0.4 is 10.2 Å². The molecule has 3 heterocycles. The third-order valence-electron chi connectivity index (χ3n) is 6.60. The van der Waals surface area contributed by atoms with E-state index in [4.69, 9.17) is 0 Å². The van der Waals surface area contributed by atoms with Gasteiger partial charge in [-0.25, -0.2) is 0 Å². The largest absolute Gasteiger partial charge is 0.368 e. The van der Waals surface area contributed by atoms with Crippen LogP contribution in [0.25, 0.3) is 0 Å². The first-order valence-electron chi connectivity index (χ1n) is 9.95. The maximum atomic E-state index is 12.7. The number of benzene rings is 1. The highest BCUT2D eigenvalue weighted by atomic mass is 16.2. The van der Waals surface area contributed by atoms with Crippen LogP contribution in [-0.2, 0) is 16.0 Å². The number of likely N-dealkylation sites (tertiary alicyclic amines) is 1. The molecule has 1 unspecified atom stereocenters. The Labute approximate surface area is 155 Å². The second-order valence-corrected chi connectivity index (χ2v) is 8.29. The molecule has 3 aliphatic heterocycles. The summed E-state index contributed by atoms with van der Waals surface area (Å²) >= 11 is 0. The van der Waals surface area contributed by atoms with Gasteiger partial charge in [-0.3, -0.25) is 9.59 Å². The van der Waals surface area contributed by atoms with E-state index >= 15 is 0 Å². The fourth-order valence-corrected chi connectivity index (χ4v) is 4.81. The number of rotatable bonds is 3. The number of piperidine rings is 1. The van der Waals surface area contributed by atoms with Crippen molar-refractivity contribution in [3.8, 4) is 0 Å². The molecule has 1 spiro atoms. The van der Waals surface area contributed by atoms with E-state index in [1.165, 1.54) is 11.3 Å². The lowest BCUT2D eigenvalue weighted by Crippen LogP contribution is -2.45. The van der Waals surface area contributed by atoms with Gasteiger partial charge in [-0.15, -0.1) is 0 Å². The number of nitrogens with one attached hydrogen (secondary N) is 1. The van der Waals surface area contributed by atoms with E-state index in [1.54, 1.807) is 0 Å². The number of nitrogens with zero attached hydrogens (tertiary/aromatic N) is 2. The van der Waals surface area contributed by atoms with Gasteiger partial charge < -0.3 is 15.1 Å². The first kappa shape index (κ1) is 17.4. The van der Waals surface area contributed by atoms with Crippen LogP contribution in [-0.4, -0.2) is 48.9 Å². The van der Waals surface area contributed by atoms with Crippen LogP contribution in [0.1, 0.15) is 44.6 Å². The molecule has 5 heteroatoms. The summed E-state index contributed by atoms with van der Waals surface area (Å²) in [5.74, 6) is 0.426. The number of hydrogen-bond acceptors (Lipinski definition) is 3. The van der Waals surface area contributed by atoms with Crippen molar-refractivity contribution in [3.05, 3.63) is 29.8 Å².